The number of hydrogen-bond donors (Lipinski definition) is 0. The molecule has 2 unspecified atom stereocenters. The average molecular weight is 891 g/mol. The molecule has 4 aliphatic heterocycles. The van der Waals surface area contributed by atoms with Crippen LogP contribution in [0.4, 0.5) is 39.8 Å². The van der Waals surface area contributed by atoms with Gasteiger partial charge in [-0.25, -0.2) is 4.85 Å². The van der Waals surface area contributed by atoms with Gasteiger partial charge in [-0.05, 0) is 83.6 Å². The van der Waals surface area contributed by atoms with E-state index in [2.05, 4.69) is 99.6 Å². The highest BCUT2D eigenvalue weighted by atomic mass is 16.5. The maximum atomic E-state index is 11.8. The van der Waals surface area contributed by atoms with E-state index in [1.54, 1.807) is 0 Å². The topological polar surface area (TPSA) is 88.6 Å². The molecule has 0 radical (unpaired) electrons. The van der Waals surface area contributed by atoms with Crippen molar-refractivity contribution in [3.05, 3.63) is 198 Å². The lowest BCUT2D eigenvalue weighted by Crippen LogP contribution is -2.23. The van der Waals surface area contributed by atoms with E-state index in [0.29, 0.717) is 45.5 Å². The summed E-state index contributed by atoms with van der Waals surface area (Å²) in [7, 11) is 0. The summed E-state index contributed by atoms with van der Waals surface area (Å²) >= 11 is 0. The number of para-hydroxylation sites is 2. The number of hydrogen-bond acceptors (Lipinski definition) is 8. The van der Waals surface area contributed by atoms with E-state index in [1.807, 2.05) is 91.0 Å². The van der Waals surface area contributed by atoms with E-state index >= 15 is 0 Å². The van der Waals surface area contributed by atoms with Gasteiger partial charge in [-0.2, -0.15) is 5.26 Å². The van der Waals surface area contributed by atoms with E-state index in [9.17, 15) is 11.8 Å². The molecule has 69 heavy (non-hydrogen) atoms. The Bertz CT molecular complexity index is 3860. The lowest BCUT2D eigenvalue weighted by molar-refractivity contribution is 0.0720. The van der Waals surface area contributed by atoms with Crippen molar-refractivity contribution < 1.29 is 23.0 Å². The van der Waals surface area contributed by atoms with Crippen molar-refractivity contribution in [3.8, 4) is 51.3 Å². The van der Waals surface area contributed by atoms with E-state index < -0.39 is 0 Å². The molecule has 9 aromatic carbocycles. The SMILES string of the molecule is [C-]#[N+]c1c(C#N)c(N2c3ccc(-c4ccccc4)cc3Oc3cc4oc5ccccc5c4cc32)c2c(c1N1c3ccc(-c4ccccc4)cc3Oc3cc4oc5ccccc5c4cc31)C1CCC2O1. The van der Waals surface area contributed by atoms with E-state index in [1.165, 1.54) is 0 Å². The Balaban J connectivity index is 1.03. The van der Waals surface area contributed by atoms with Crippen LogP contribution in [0.2, 0.25) is 0 Å². The molecule has 9 heteroatoms. The number of ether oxygens (including phenoxy) is 3. The summed E-state index contributed by atoms with van der Waals surface area (Å²) in [5.74, 6) is 2.35. The van der Waals surface area contributed by atoms with Crippen molar-refractivity contribution in [2.24, 2.45) is 0 Å². The first-order valence-corrected chi connectivity index (χ1v) is 23.0. The summed E-state index contributed by atoms with van der Waals surface area (Å²) in [6.45, 7) is 9.18. The van der Waals surface area contributed by atoms with Gasteiger partial charge in [0.25, 0.3) is 0 Å². The van der Waals surface area contributed by atoms with Gasteiger partial charge in [0.15, 0.2) is 23.0 Å². The molecule has 0 N–H and O–H groups in total. The van der Waals surface area contributed by atoms with Gasteiger partial charge in [0.1, 0.15) is 22.3 Å². The largest absolute Gasteiger partial charge is 0.456 e. The Morgan fingerprint density at radius 1 is 0.464 bits per heavy atom. The van der Waals surface area contributed by atoms with Crippen LogP contribution in [0, 0.1) is 17.9 Å². The second-order valence-corrected chi connectivity index (χ2v) is 18.0. The van der Waals surface area contributed by atoms with Gasteiger partial charge < -0.3 is 32.8 Å². The lowest BCUT2D eigenvalue weighted by Gasteiger charge is -2.39. The Morgan fingerprint density at radius 2 is 0.928 bits per heavy atom. The maximum Gasteiger partial charge on any atom is 0.230 e. The molecular formula is C60H34N4O5. The highest BCUT2D eigenvalue weighted by Crippen LogP contribution is 2.67. The van der Waals surface area contributed by atoms with Crippen molar-refractivity contribution in [3.63, 3.8) is 0 Å². The summed E-state index contributed by atoms with van der Waals surface area (Å²) < 4.78 is 33.6. The van der Waals surface area contributed by atoms with Gasteiger partial charge in [0, 0.05) is 44.8 Å². The van der Waals surface area contributed by atoms with Crippen molar-refractivity contribution in [1.29, 1.82) is 5.26 Å². The fourth-order valence-electron chi connectivity index (χ4n) is 11.3. The molecule has 2 aromatic heterocycles. The molecule has 2 bridgehead atoms. The van der Waals surface area contributed by atoms with Gasteiger partial charge in [-0.1, -0.05) is 109 Å². The Morgan fingerprint density at radius 3 is 1.43 bits per heavy atom. The number of anilines is 6. The van der Waals surface area contributed by atoms with Crippen molar-refractivity contribution in [2.45, 2.75) is 25.0 Å². The quantitative estimate of drug-likeness (QED) is 0.161. The van der Waals surface area contributed by atoms with Gasteiger partial charge in [0.05, 0.1) is 64.5 Å². The van der Waals surface area contributed by atoms with Crippen LogP contribution in [0.5, 0.6) is 23.0 Å². The molecule has 0 aliphatic carbocycles. The molecule has 1 saturated heterocycles. The summed E-state index contributed by atoms with van der Waals surface area (Å²) in [4.78, 5) is 8.67. The maximum absolute atomic E-state index is 11.8. The molecule has 324 valence electrons. The number of nitrogens with zero attached hydrogens (tertiary/aromatic N) is 4. The number of nitriles is 1. The zero-order chi connectivity index (χ0) is 45.5. The molecule has 15 rings (SSSR count). The van der Waals surface area contributed by atoms with Crippen LogP contribution >= 0.6 is 0 Å². The molecule has 4 aliphatic rings. The van der Waals surface area contributed by atoms with Crippen molar-refractivity contribution in [1.82, 2.24) is 0 Å². The molecule has 9 nitrogen and oxygen atoms in total. The van der Waals surface area contributed by atoms with Crippen LogP contribution in [-0.4, -0.2) is 0 Å². The molecule has 6 heterocycles. The highest BCUT2D eigenvalue weighted by molar-refractivity contribution is 6.11. The number of fused-ring (bicyclic) bond motifs is 15. The molecule has 2 atom stereocenters. The summed E-state index contributed by atoms with van der Waals surface area (Å²) in [6.07, 6.45) is 0.828. The standard InChI is InChI=1S/C60H34N4O5/c1-62-58-41(32-61)59(63-42-22-20-35(33-12-4-2-5-13-33)26-52(42)68-54-30-50-39(28-44(54)63)37-16-8-10-18-46(37)65-50)56-48-24-25-49(67-48)57(56)60(58)64-43-23-21-36(34-14-6-3-7-15-34)27-53(43)69-55-31-51-40(29-45(55)64)38-17-9-11-19-47(38)66-51/h2-23,26-31,48-49H,24-25H2. The summed E-state index contributed by atoms with van der Waals surface area (Å²) in [6, 6.07) is 59.5. The fraction of sp³-hybridized carbons (Fsp3) is 0.0667. The van der Waals surface area contributed by atoms with E-state index in [0.717, 1.165) is 102 Å². The minimum atomic E-state index is -0.344. The number of benzene rings is 9. The van der Waals surface area contributed by atoms with Crippen LogP contribution in [0.1, 0.15) is 41.7 Å². The van der Waals surface area contributed by atoms with Gasteiger partial charge in [0.2, 0.25) is 5.69 Å². The molecule has 0 saturated carbocycles. The third kappa shape index (κ3) is 5.36. The molecule has 11 aromatic rings. The first kappa shape index (κ1) is 37.9. The van der Waals surface area contributed by atoms with Crippen LogP contribution in [-0.2, 0) is 4.74 Å². The zero-order valence-electron chi connectivity index (χ0n) is 36.6. The van der Waals surface area contributed by atoms with Crippen molar-refractivity contribution >= 4 is 83.7 Å². The fourth-order valence-corrected chi connectivity index (χ4v) is 11.3. The predicted octanol–water partition coefficient (Wildman–Crippen LogP) is 17.3. The normalized spacial score (nSPS) is 16.1. The number of furan rings is 2. The van der Waals surface area contributed by atoms with Crippen LogP contribution in [0.3, 0.4) is 0 Å². The van der Waals surface area contributed by atoms with Crippen molar-refractivity contribution in [2.75, 3.05) is 9.80 Å². The molecule has 0 spiro atoms. The van der Waals surface area contributed by atoms with E-state index in [4.69, 9.17) is 23.0 Å². The van der Waals surface area contributed by atoms with E-state index in [-0.39, 0.29) is 23.5 Å². The van der Waals surface area contributed by atoms with Gasteiger partial charge in [-0.15, -0.1) is 0 Å². The Hall–Kier alpha value is -9.28. The second-order valence-electron chi connectivity index (χ2n) is 18.0. The third-order valence-corrected chi connectivity index (χ3v) is 14.3. The minimum absolute atomic E-state index is 0.218. The van der Waals surface area contributed by atoms with Crippen LogP contribution < -0.4 is 19.3 Å². The van der Waals surface area contributed by atoms with Crippen LogP contribution in [0.15, 0.2) is 179 Å². The monoisotopic (exact) mass is 890 g/mol. The summed E-state index contributed by atoms with van der Waals surface area (Å²) in [5.41, 5.74) is 13.3. The van der Waals surface area contributed by atoms with Gasteiger partial charge in [-0.3, -0.25) is 0 Å². The lowest BCUT2D eigenvalue weighted by atomic mass is 9.84. The average Bonchev–Trinajstić information content (AvgIpc) is 4.20. The molecule has 0 amide bonds. The molecular weight excluding hydrogens is 857 g/mol. The predicted molar refractivity (Wildman–Crippen MR) is 268 cm³/mol. The third-order valence-electron chi connectivity index (χ3n) is 14.3. The smallest absolute Gasteiger partial charge is 0.230 e. The first-order valence-electron chi connectivity index (χ1n) is 23.0. The first-order chi connectivity index (χ1) is 34.1. The Kier molecular flexibility index (Phi) is 7.75. The van der Waals surface area contributed by atoms with Gasteiger partial charge >= 0.3 is 0 Å². The second kappa shape index (κ2) is 14.1. The molecule has 1 fully saturated rings. The highest BCUT2D eigenvalue weighted by Gasteiger charge is 2.48. The number of rotatable bonds is 4. The minimum Gasteiger partial charge on any atom is -0.456 e. The zero-order valence-corrected chi connectivity index (χ0v) is 36.6. The Labute approximate surface area is 394 Å². The van der Waals surface area contributed by atoms with Crippen LogP contribution in [0.25, 0.3) is 71.0 Å². The summed E-state index contributed by atoms with van der Waals surface area (Å²) in [5, 5.41) is 15.5.